The molecule has 130 valence electrons. The number of hydrogen-bond donors (Lipinski definition) is 0. The van der Waals surface area contributed by atoms with Gasteiger partial charge < -0.3 is 4.74 Å². The van der Waals surface area contributed by atoms with Crippen LogP contribution in [0.15, 0.2) is 36.4 Å². The lowest BCUT2D eigenvalue weighted by Crippen LogP contribution is -2.25. The van der Waals surface area contributed by atoms with E-state index in [4.69, 9.17) is 16.3 Å². The van der Waals surface area contributed by atoms with Crippen molar-refractivity contribution in [3.8, 4) is 0 Å². The van der Waals surface area contributed by atoms with E-state index in [0.717, 1.165) is 19.3 Å². The van der Waals surface area contributed by atoms with Gasteiger partial charge >= 0.3 is 5.97 Å². The first-order valence-electron chi connectivity index (χ1n) is 8.24. The Morgan fingerprint density at radius 3 is 2.72 bits per heavy atom. The summed E-state index contributed by atoms with van der Waals surface area (Å²) in [7, 11) is 0. The highest BCUT2D eigenvalue weighted by atomic mass is 35.5. The van der Waals surface area contributed by atoms with Gasteiger partial charge in [-0.3, -0.25) is 9.59 Å². The van der Waals surface area contributed by atoms with Crippen LogP contribution in [0.3, 0.4) is 0 Å². The first-order valence-corrected chi connectivity index (χ1v) is 8.62. The molecule has 0 amide bonds. The maximum atomic E-state index is 13.7. The molecule has 0 saturated carbocycles. The second-order valence-corrected chi connectivity index (χ2v) is 6.62. The zero-order valence-electron chi connectivity index (χ0n) is 13.9. The SMILES string of the molecule is C[C@@H](OC(=O)Cc1c(F)cccc1Cl)C(=O)c1ccc2c(c1)CCC2. The molecule has 2 aromatic rings. The molecular weight excluding hydrogens is 343 g/mol. The average molecular weight is 361 g/mol. The topological polar surface area (TPSA) is 43.4 Å². The summed E-state index contributed by atoms with van der Waals surface area (Å²) in [4.78, 5) is 24.5. The van der Waals surface area contributed by atoms with Crippen molar-refractivity contribution in [2.45, 2.75) is 38.7 Å². The lowest BCUT2D eigenvalue weighted by atomic mass is 10.0. The molecule has 0 heterocycles. The summed E-state index contributed by atoms with van der Waals surface area (Å²) in [6.07, 6.45) is 1.86. The molecule has 3 rings (SSSR count). The fourth-order valence-electron chi connectivity index (χ4n) is 3.10. The normalized spacial score (nSPS) is 14.0. The lowest BCUT2D eigenvalue weighted by molar-refractivity contribution is -0.145. The molecule has 2 aromatic carbocycles. The number of carbonyl (C=O) groups is 2. The van der Waals surface area contributed by atoms with E-state index < -0.39 is 17.9 Å². The first-order chi connectivity index (χ1) is 12.0. The molecule has 1 aliphatic carbocycles. The number of halogens is 2. The number of fused-ring (bicyclic) bond motifs is 1. The Morgan fingerprint density at radius 1 is 1.20 bits per heavy atom. The number of carbonyl (C=O) groups excluding carboxylic acids is 2. The Bertz CT molecular complexity index is 811. The van der Waals surface area contributed by atoms with Crippen LogP contribution in [0.5, 0.6) is 0 Å². The van der Waals surface area contributed by atoms with E-state index in [1.165, 1.54) is 36.2 Å². The van der Waals surface area contributed by atoms with Gasteiger partial charge in [-0.25, -0.2) is 4.39 Å². The second-order valence-electron chi connectivity index (χ2n) is 6.21. The number of ketones is 1. The zero-order chi connectivity index (χ0) is 18.0. The van der Waals surface area contributed by atoms with E-state index in [9.17, 15) is 14.0 Å². The van der Waals surface area contributed by atoms with Crippen LogP contribution in [-0.2, 0) is 28.8 Å². The van der Waals surface area contributed by atoms with Gasteiger partial charge in [-0.15, -0.1) is 0 Å². The number of ether oxygens (including phenoxy) is 1. The van der Waals surface area contributed by atoms with Crippen LogP contribution in [0.4, 0.5) is 4.39 Å². The molecule has 0 radical (unpaired) electrons. The van der Waals surface area contributed by atoms with Gasteiger partial charge in [0.2, 0.25) is 5.78 Å². The maximum Gasteiger partial charge on any atom is 0.311 e. The van der Waals surface area contributed by atoms with Crippen molar-refractivity contribution in [3.05, 3.63) is 69.5 Å². The zero-order valence-corrected chi connectivity index (χ0v) is 14.6. The summed E-state index contributed by atoms with van der Waals surface area (Å²) < 4.78 is 18.9. The molecule has 1 aliphatic rings. The van der Waals surface area contributed by atoms with Gasteiger partial charge in [0.1, 0.15) is 5.82 Å². The third-order valence-corrected chi connectivity index (χ3v) is 4.80. The molecule has 1 atom stereocenters. The first kappa shape index (κ1) is 17.6. The van der Waals surface area contributed by atoms with E-state index in [0.29, 0.717) is 5.56 Å². The Balaban J connectivity index is 1.66. The number of esters is 1. The molecule has 0 spiro atoms. The van der Waals surface area contributed by atoms with Crippen molar-refractivity contribution in [3.63, 3.8) is 0 Å². The molecule has 0 aromatic heterocycles. The van der Waals surface area contributed by atoms with E-state index in [-0.39, 0.29) is 22.8 Å². The number of aryl methyl sites for hydroxylation is 2. The molecule has 0 bridgehead atoms. The Morgan fingerprint density at radius 2 is 1.96 bits per heavy atom. The summed E-state index contributed by atoms with van der Waals surface area (Å²) >= 11 is 5.91. The minimum Gasteiger partial charge on any atom is -0.454 e. The average Bonchev–Trinajstić information content (AvgIpc) is 3.05. The molecule has 0 aliphatic heterocycles. The third-order valence-electron chi connectivity index (χ3n) is 4.44. The van der Waals surface area contributed by atoms with Crippen molar-refractivity contribution in [2.24, 2.45) is 0 Å². The van der Waals surface area contributed by atoms with Gasteiger partial charge in [0, 0.05) is 16.1 Å². The fraction of sp³-hybridized carbons (Fsp3) is 0.300. The highest BCUT2D eigenvalue weighted by molar-refractivity contribution is 6.31. The molecule has 0 unspecified atom stereocenters. The number of rotatable bonds is 5. The summed E-state index contributed by atoms with van der Waals surface area (Å²) in [6.45, 7) is 1.52. The molecular formula is C20H18ClFO3. The molecule has 0 saturated heterocycles. The van der Waals surface area contributed by atoms with E-state index in [2.05, 4.69) is 0 Å². The number of Topliss-reactive ketones (excluding diaryl/α,β-unsaturated/α-hetero) is 1. The molecule has 25 heavy (non-hydrogen) atoms. The van der Waals surface area contributed by atoms with Crippen LogP contribution in [0.25, 0.3) is 0 Å². The van der Waals surface area contributed by atoms with Gasteiger partial charge in [0.25, 0.3) is 0 Å². The summed E-state index contributed by atoms with van der Waals surface area (Å²) in [5, 5.41) is 0.162. The van der Waals surface area contributed by atoms with Crippen LogP contribution in [0, 0.1) is 5.82 Å². The second kappa shape index (κ2) is 7.36. The summed E-state index contributed by atoms with van der Waals surface area (Å²) in [5.74, 6) is -1.52. The molecule has 0 fully saturated rings. The van der Waals surface area contributed by atoms with Gasteiger partial charge in [-0.05, 0) is 55.5 Å². The summed E-state index contributed by atoms with van der Waals surface area (Å²) in [5.41, 5.74) is 3.06. The van der Waals surface area contributed by atoms with Crippen LogP contribution < -0.4 is 0 Å². The van der Waals surface area contributed by atoms with Crippen molar-refractivity contribution < 1.29 is 18.7 Å². The van der Waals surface area contributed by atoms with Gasteiger partial charge in [0.05, 0.1) is 6.42 Å². The largest absolute Gasteiger partial charge is 0.454 e. The molecule has 3 nitrogen and oxygen atoms in total. The number of hydrogen-bond acceptors (Lipinski definition) is 3. The van der Waals surface area contributed by atoms with Gasteiger partial charge in [0.15, 0.2) is 6.10 Å². The van der Waals surface area contributed by atoms with E-state index in [1.54, 1.807) is 6.07 Å². The minimum atomic E-state index is -0.933. The van der Waals surface area contributed by atoms with Gasteiger partial charge in [-0.1, -0.05) is 29.8 Å². The molecule has 0 N–H and O–H groups in total. The van der Waals surface area contributed by atoms with Crippen LogP contribution in [-0.4, -0.2) is 17.9 Å². The molecule has 5 heteroatoms. The predicted molar refractivity (Wildman–Crippen MR) is 93.5 cm³/mol. The van der Waals surface area contributed by atoms with Gasteiger partial charge in [-0.2, -0.15) is 0 Å². The Kier molecular flexibility index (Phi) is 5.19. The summed E-state index contributed by atoms with van der Waals surface area (Å²) in [6, 6.07) is 9.81. The Hall–Kier alpha value is -2.20. The predicted octanol–water partition coefficient (Wildman–Crippen LogP) is 4.32. The highest BCUT2D eigenvalue weighted by Crippen LogP contribution is 2.24. The van der Waals surface area contributed by atoms with E-state index in [1.807, 2.05) is 12.1 Å². The van der Waals surface area contributed by atoms with Crippen molar-refractivity contribution in [2.75, 3.05) is 0 Å². The van der Waals surface area contributed by atoms with Crippen molar-refractivity contribution in [1.29, 1.82) is 0 Å². The highest BCUT2D eigenvalue weighted by Gasteiger charge is 2.22. The maximum absolute atomic E-state index is 13.7. The van der Waals surface area contributed by atoms with Crippen LogP contribution in [0.2, 0.25) is 5.02 Å². The van der Waals surface area contributed by atoms with Crippen molar-refractivity contribution in [1.82, 2.24) is 0 Å². The minimum absolute atomic E-state index is 0.0753. The van der Waals surface area contributed by atoms with Crippen molar-refractivity contribution >= 4 is 23.4 Å². The third kappa shape index (κ3) is 3.90. The number of benzene rings is 2. The smallest absolute Gasteiger partial charge is 0.311 e. The van der Waals surface area contributed by atoms with Crippen LogP contribution >= 0.6 is 11.6 Å². The van der Waals surface area contributed by atoms with E-state index >= 15 is 0 Å². The fourth-order valence-corrected chi connectivity index (χ4v) is 3.33. The van der Waals surface area contributed by atoms with Crippen LogP contribution in [0.1, 0.15) is 40.4 Å². The standard InChI is InChI=1S/C20H18ClFO3/c1-12(20(24)15-9-8-13-4-2-5-14(13)10-15)25-19(23)11-16-17(21)6-3-7-18(16)22/h3,6-10,12H,2,4-5,11H2,1H3/t12-/m1/s1. The quantitative estimate of drug-likeness (QED) is 0.589. The lowest BCUT2D eigenvalue weighted by Gasteiger charge is -2.14. The monoisotopic (exact) mass is 360 g/mol. The Labute approximate surface area is 150 Å².